The molecule has 2 N–H and O–H groups in total. The van der Waals surface area contributed by atoms with Crippen molar-refractivity contribution in [3.05, 3.63) is 79.1 Å². The zero-order valence-corrected chi connectivity index (χ0v) is 14.1. The second-order valence-corrected chi connectivity index (χ2v) is 5.51. The lowest BCUT2D eigenvalue weighted by Crippen LogP contribution is -2.10. The van der Waals surface area contributed by atoms with E-state index in [9.17, 15) is 0 Å². The van der Waals surface area contributed by atoms with Crippen molar-refractivity contribution in [3.8, 4) is 11.1 Å². The first kappa shape index (κ1) is 16.6. The number of rotatable bonds is 5. The molecule has 5 heteroatoms. The van der Waals surface area contributed by atoms with E-state index < -0.39 is 0 Å². The van der Waals surface area contributed by atoms with Gasteiger partial charge in [-0.2, -0.15) is 0 Å². The molecule has 2 aromatic heterocycles. The summed E-state index contributed by atoms with van der Waals surface area (Å²) in [6.07, 6.45) is 15.3. The lowest BCUT2D eigenvalue weighted by Gasteiger charge is -2.19. The molecular weight excluding hydrogens is 312 g/mol. The molecule has 0 saturated carbocycles. The second-order valence-electron chi connectivity index (χ2n) is 5.51. The zero-order valence-electron chi connectivity index (χ0n) is 14.1. The van der Waals surface area contributed by atoms with Crippen molar-refractivity contribution in [3.63, 3.8) is 0 Å². The van der Waals surface area contributed by atoms with Crippen LogP contribution in [0.1, 0.15) is 30.8 Å². The Labute approximate surface area is 147 Å². The van der Waals surface area contributed by atoms with Crippen molar-refractivity contribution in [1.29, 1.82) is 0 Å². The molecule has 0 spiro atoms. The molecule has 25 heavy (non-hydrogen) atoms. The minimum Gasteiger partial charge on any atom is -0.492 e. The highest BCUT2D eigenvalue weighted by Crippen LogP contribution is 2.37. The number of nitrogens with two attached hydrogens (primary N) is 1. The van der Waals surface area contributed by atoms with E-state index in [1.807, 2.05) is 43.4 Å². The number of hydrogen-bond acceptors (Lipinski definition) is 5. The summed E-state index contributed by atoms with van der Waals surface area (Å²) < 4.78 is 5.70. The highest BCUT2D eigenvalue weighted by Gasteiger charge is 2.25. The van der Waals surface area contributed by atoms with Crippen LogP contribution in [0.3, 0.4) is 0 Å². The molecule has 2 aromatic rings. The van der Waals surface area contributed by atoms with Crippen LogP contribution < -0.4 is 5.73 Å². The maximum Gasteiger partial charge on any atom is 0.220 e. The summed E-state index contributed by atoms with van der Waals surface area (Å²) in [5, 5.41) is 0. The predicted octanol–water partition coefficient (Wildman–Crippen LogP) is 4.24. The summed E-state index contributed by atoms with van der Waals surface area (Å²) in [5.41, 5.74) is 10.2. The van der Waals surface area contributed by atoms with Crippen LogP contribution >= 0.6 is 0 Å². The average molecular weight is 332 g/mol. The Morgan fingerprint density at radius 1 is 1.32 bits per heavy atom. The molecular formula is C20H20N4O. The Morgan fingerprint density at radius 3 is 2.76 bits per heavy atom. The van der Waals surface area contributed by atoms with Crippen molar-refractivity contribution in [1.82, 2.24) is 15.0 Å². The fourth-order valence-corrected chi connectivity index (χ4v) is 2.75. The van der Waals surface area contributed by atoms with Crippen LogP contribution in [0, 0.1) is 0 Å². The fourth-order valence-electron chi connectivity index (χ4n) is 2.75. The molecule has 1 aliphatic heterocycles. The van der Waals surface area contributed by atoms with Crippen LogP contribution in [-0.2, 0) is 4.74 Å². The maximum absolute atomic E-state index is 6.01. The van der Waals surface area contributed by atoms with Gasteiger partial charge in [-0.1, -0.05) is 30.9 Å². The fraction of sp³-hybridized carbons (Fsp3) is 0.150. The SMILES string of the molecule is C=C/C(=C\C=C/C)c1nc(N)nc(C2CC=CO2)c1-c1ccncc1. The van der Waals surface area contributed by atoms with Gasteiger partial charge in [-0.25, -0.2) is 9.97 Å². The zero-order chi connectivity index (χ0) is 17.6. The lowest BCUT2D eigenvalue weighted by atomic mass is 9.95. The molecule has 3 heterocycles. The van der Waals surface area contributed by atoms with Crippen LogP contribution in [0.5, 0.6) is 0 Å². The molecule has 126 valence electrons. The molecule has 0 aromatic carbocycles. The van der Waals surface area contributed by atoms with Crippen LogP contribution in [-0.4, -0.2) is 15.0 Å². The summed E-state index contributed by atoms with van der Waals surface area (Å²) >= 11 is 0. The third-order valence-electron chi connectivity index (χ3n) is 3.88. The molecule has 0 radical (unpaired) electrons. The Morgan fingerprint density at radius 2 is 2.12 bits per heavy atom. The third kappa shape index (κ3) is 3.50. The van der Waals surface area contributed by atoms with E-state index in [0.29, 0.717) is 0 Å². The highest BCUT2D eigenvalue weighted by atomic mass is 16.5. The standard InChI is InChI=1S/C20H20N4O/c1-3-5-7-14(4-2)18-17(15-9-11-22-12-10-15)19(24-20(21)23-18)16-8-6-13-25-16/h3-7,9-13,16H,2,8H2,1H3,(H2,21,23,24)/b5-3-,14-7+. The first-order chi connectivity index (χ1) is 12.2. The number of hydrogen-bond donors (Lipinski definition) is 1. The smallest absolute Gasteiger partial charge is 0.220 e. The summed E-state index contributed by atoms with van der Waals surface area (Å²) in [6, 6.07) is 3.86. The van der Waals surface area contributed by atoms with E-state index >= 15 is 0 Å². The maximum atomic E-state index is 6.01. The van der Waals surface area contributed by atoms with Crippen LogP contribution in [0.4, 0.5) is 5.95 Å². The molecule has 0 saturated heterocycles. The van der Waals surface area contributed by atoms with Gasteiger partial charge < -0.3 is 10.5 Å². The van der Waals surface area contributed by atoms with Gasteiger partial charge in [-0.15, -0.1) is 0 Å². The number of ether oxygens (including phenoxy) is 1. The van der Waals surface area contributed by atoms with Crippen molar-refractivity contribution in [2.45, 2.75) is 19.4 Å². The molecule has 0 bridgehead atoms. The minimum atomic E-state index is -0.181. The third-order valence-corrected chi connectivity index (χ3v) is 3.88. The Kier molecular flexibility index (Phi) is 5.04. The first-order valence-corrected chi connectivity index (χ1v) is 8.08. The van der Waals surface area contributed by atoms with Gasteiger partial charge in [0.2, 0.25) is 5.95 Å². The van der Waals surface area contributed by atoms with Gasteiger partial charge in [0, 0.05) is 30.0 Å². The number of aromatic nitrogens is 3. The molecule has 1 atom stereocenters. The van der Waals surface area contributed by atoms with Gasteiger partial charge in [0.1, 0.15) is 6.10 Å². The second kappa shape index (κ2) is 7.57. The monoisotopic (exact) mass is 332 g/mol. The number of anilines is 1. The molecule has 0 amide bonds. The number of nitrogen functional groups attached to an aromatic ring is 1. The molecule has 3 rings (SSSR count). The summed E-state index contributed by atoms with van der Waals surface area (Å²) in [6.45, 7) is 5.88. The lowest BCUT2D eigenvalue weighted by molar-refractivity contribution is 0.169. The van der Waals surface area contributed by atoms with E-state index in [-0.39, 0.29) is 12.1 Å². The van der Waals surface area contributed by atoms with Crippen LogP contribution in [0.25, 0.3) is 16.7 Å². The minimum absolute atomic E-state index is 0.181. The topological polar surface area (TPSA) is 73.9 Å². The molecule has 0 fully saturated rings. The van der Waals surface area contributed by atoms with Crippen molar-refractivity contribution in [2.75, 3.05) is 5.73 Å². The highest BCUT2D eigenvalue weighted by molar-refractivity contribution is 5.85. The molecule has 0 aliphatic carbocycles. The average Bonchev–Trinajstić information content (AvgIpc) is 3.17. The normalized spacial score (nSPS) is 17.0. The van der Waals surface area contributed by atoms with Gasteiger partial charge in [0.05, 0.1) is 17.6 Å². The van der Waals surface area contributed by atoms with E-state index in [2.05, 4.69) is 21.5 Å². The van der Waals surface area contributed by atoms with E-state index in [0.717, 1.165) is 34.5 Å². The summed E-state index contributed by atoms with van der Waals surface area (Å²) in [5.74, 6) is 0.214. The largest absolute Gasteiger partial charge is 0.492 e. The van der Waals surface area contributed by atoms with Gasteiger partial charge in [0.15, 0.2) is 0 Å². The van der Waals surface area contributed by atoms with E-state index in [1.54, 1.807) is 24.7 Å². The van der Waals surface area contributed by atoms with Crippen LogP contribution in [0.15, 0.2) is 67.7 Å². The molecule has 1 aliphatic rings. The quantitative estimate of drug-likeness (QED) is 0.829. The van der Waals surface area contributed by atoms with Crippen molar-refractivity contribution in [2.24, 2.45) is 0 Å². The van der Waals surface area contributed by atoms with Crippen molar-refractivity contribution >= 4 is 11.5 Å². The Hall–Kier alpha value is -3.21. The van der Waals surface area contributed by atoms with E-state index in [4.69, 9.17) is 10.5 Å². The Bertz CT molecular complexity index is 845. The first-order valence-electron chi connectivity index (χ1n) is 8.08. The predicted molar refractivity (Wildman–Crippen MR) is 100 cm³/mol. The summed E-state index contributed by atoms with van der Waals surface area (Å²) in [4.78, 5) is 13.1. The van der Waals surface area contributed by atoms with Crippen molar-refractivity contribution < 1.29 is 4.74 Å². The Balaban J connectivity index is 2.27. The van der Waals surface area contributed by atoms with Gasteiger partial charge in [-0.3, -0.25) is 4.98 Å². The number of nitrogens with zero attached hydrogens (tertiary/aromatic N) is 3. The van der Waals surface area contributed by atoms with Gasteiger partial charge in [-0.05, 0) is 30.7 Å². The molecule has 1 unspecified atom stereocenters. The van der Waals surface area contributed by atoms with Gasteiger partial charge in [0.25, 0.3) is 0 Å². The van der Waals surface area contributed by atoms with Gasteiger partial charge >= 0.3 is 0 Å². The van der Waals surface area contributed by atoms with E-state index in [1.165, 1.54) is 0 Å². The molecule has 5 nitrogen and oxygen atoms in total. The van der Waals surface area contributed by atoms with Crippen LogP contribution in [0.2, 0.25) is 0 Å². The number of pyridine rings is 1. The summed E-state index contributed by atoms with van der Waals surface area (Å²) in [7, 11) is 0. The number of allylic oxidation sites excluding steroid dienone is 5.